The molecule has 1 unspecified atom stereocenters. The van der Waals surface area contributed by atoms with Gasteiger partial charge in [-0.2, -0.15) is 4.68 Å². The lowest BCUT2D eigenvalue weighted by Crippen LogP contribution is -2.29. The minimum Gasteiger partial charge on any atom is -0.494 e. The van der Waals surface area contributed by atoms with Gasteiger partial charge in [-0.25, -0.2) is 4.79 Å². The molecule has 24 heavy (non-hydrogen) atoms. The predicted octanol–water partition coefficient (Wildman–Crippen LogP) is 1.92. The van der Waals surface area contributed by atoms with E-state index in [1.54, 1.807) is 11.6 Å². The Kier molecular flexibility index (Phi) is 4.45. The largest absolute Gasteiger partial charge is 0.494 e. The van der Waals surface area contributed by atoms with Crippen molar-refractivity contribution in [1.29, 1.82) is 0 Å². The summed E-state index contributed by atoms with van der Waals surface area (Å²) >= 11 is 0. The van der Waals surface area contributed by atoms with Crippen molar-refractivity contribution in [2.45, 2.75) is 26.3 Å². The van der Waals surface area contributed by atoms with Crippen LogP contribution in [0.25, 0.3) is 0 Å². The van der Waals surface area contributed by atoms with Crippen molar-refractivity contribution in [2.24, 2.45) is 0 Å². The fourth-order valence-corrected chi connectivity index (χ4v) is 2.66. The molecule has 126 valence electrons. The molecule has 1 atom stereocenters. The van der Waals surface area contributed by atoms with Gasteiger partial charge in [0.15, 0.2) is 0 Å². The molecule has 0 radical (unpaired) electrons. The summed E-state index contributed by atoms with van der Waals surface area (Å²) in [5.74, 6) is 0.848. The summed E-state index contributed by atoms with van der Waals surface area (Å²) in [5, 5.41) is 14.7. The van der Waals surface area contributed by atoms with E-state index < -0.39 is 12.0 Å². The van der Waals surface area contributed by atoms with Crippen LogP contribution >= 0.6 is 0 Å². The number of ether oxygens (including phenoxy) is 2. The van der Waals surface area contributed by atoms with Gasteiger partial charge in [-0.3, -0.25) is 0 Å². The van der Waals surface area contributed by atoms with Gasteiger partial charge < -0.3 is 14.8 Å². The van der Waals surface area contributed by atoms with Crippen LogP contribution in [0.2, 0.25) is 0 Å². The molecule has 1 aliphatic rings. The van der Waals surface area contributed by atoms with E-state index in [0.29, 0.717) is 23.8 Å². The van der Waals surface area contributed by atoms with E-state index >= 15 is 0 Å². The van der Waals surface area contributed by atoms with E-state index in [1.165, 1.54) is 7.11 Å². The second-order valence-corrected chi connectivity index (χ2v) is 5.42. The second kappa shape index (κ2) is 6.69. The number of allylic oxidation sites excluding steroid dienone is 1. The summed E-state index contributed by atoms with van der Waals surface area (Å²) < 4.78 is 12.1. The van der Waals surface area contributed by atoms with Crippen LogP contribution in [0.1, 0.15) is 31.9 Å². The van der Waals surface area contributed by atoms with Crippen molar-refractivity contribution < 1.29 is 14.3 Å². The lowest BCUT2D eigenvalue weighted by atomic mass is 9.96. The second-order valence-electron chi connectivity index (χ2n) is 5.42. The first kappa shape index (κ1) is 16.0. The molecule has 1 aromatic carbocycles. The Bertz CT molecular complexity index is 766. The van der Waals surface area contributed by atoms with Crippen molar-refractivity contribution in [2.75, 3.05) is 19.0 Å². The van der Waals surface area contributed by atoms with Crippen molar-refractivity contribution in [1.82, 2.24) is 20.2 Å². The Labute approximate surface area is 139 Å². The van der Waals surface area contributed by atoms with E-state index in [4.69, 9.17) is 9.47 Å². The standard InChI is InChI=1S/C16H19N5O3/c1-4-9-24-12-7-5-11(6-8-12)14-13(15(22)23-3)10(2)17-16-18-19-20-21(14)16/h5-8,14H,4,9H2,1-3H3,(H,17,18,20). The zero-order valence-corrected chi connectivity index (χ0v) is 13.8. The highest BCUT2D eigenvalue weighted by molar-refractivity contribution is 5.92. The van der Waals surface area contributed by atoms with Crippen LogP contribution in [0.3, 0.4) is 0 Å². The number of hydrogen-bond acceptors (Lipinski definition) is 7. The summed E-state index contributed by atoms with van der Waals surface area (Å²) in [7, 11) is 1.36. The zero-order valence-electron chi connectivity index (χ0n) is 13.8. The first-order valence-corrected chi connectivity index (χ1v) is 7.72. The third-order valence-electron chi connectivity index (χ3n) is 3.79. The highest BCUT2D eigenvalue weighted by Crippen LogP contribution is 2.35. The number of nitrogens with zero attached hydrogens (tertiary/aromatic N) is 4. The Morgan fingerprint density at radius 3 is 2.75 bits per heavy atom. The average molecular weight is 329 g/mol. The van der Waals surface area contributed by atoms with Gasteiger partial charge in [-0.05, 0) is 41.5 Å². The molecular formula is C16H19N5O3. The third-order valence-corrected chi connectivity index (χ3v) is 3.79. The van der Waals surface area contributed by atoms with E-state index in [9.17, 15) is 4.79 Å². The van der Waals surface area contributed by atoms with Crippen LogP contribution in [0.5, 0.6) is 5.75 Å². The lowest BCUT2D eigenvalue weighted by molar-refractivity contribution is -0.136. The number of carbonyl (C=O) groups excluding carboxylic acids is 1. The fourth-order valence-electron chi connectivity index (χ4n) is 2.66. The molecule has 8 heteroatoms. The van der Waals surface area contributed by atoms with Crippen LogP contribution in [-0.4, -0.2) is 39.9 Å². The molecule has 1 aliphatic heterocycles. The predicted molar refractivity (Wildman–Crippen MR) is 86.5 cm³/mol. The van der Waals surface area contributed by atoms with Gasteiger partial charge in [0.2, 0.25) is 5.95 Å². The Morgan fingerprint density at radius 2 is 2.08 bits per heavy atom. The molecule has 2 heterocycles. The van der Waals surface area contributed by atoms with Crippen molar-refractivity contribution >= 4 is 11.9 Å². The molecule has 2 aromatic rings. The molecule has 0 spiro atoms. The van der Waals surface area contributed by atoms with Gasteiger partial charge in [0.25, 0.3) is 0 Å². The number of tetrazole rings is 1. The van der Waals surface area contributed by atoms with Gasteiger partial charge in [-0.15, -0.1) is 0 Å². The lowest BCUT2D eigenvalue weighted by Gasteiger charge is -2.27. The Morgan fingerprint density at radius 1 is 1.33 bits per heavy atom. The number of methoxy groups -OCH3 is 1. The SMILES string of the molecule is CCCOc1ccc(C2C(C(=O)OC)=C(C)Nc3nnnn32)cc1. The first-order valence-electron chi connectivity index (χ1n) is 7.72. The maximum Gasteiger partial charge on any atom is 0.338 e. The Balaban J connectivity index is 2.01. The summed E-state index contributed by atoms with van der Waals surface area (Å²) in [6, 6.07) is 7.11. The molecular weight excluding hydrogens is 310 g/mol. The van der Waals surface area contributed by atoms with Crippen molar-refractivity contribution in [3.63, 3.8) is 0 Å². The molecule has 0 amide bonds. The zero-order chi connectivity index (χ0) is 17.1. The number of nitrogens with one attached hydrogen (secondary N) is 1. The van der Waals surface area contributed by atoms with Crippen LogP contribution in [0.4, 0.5) is 5.95 Å². The quantitative estimate of drug-likeness (QED) is 0.838. The maximum atomic E-state index is 12.3. The highest BCUT2D eigenvalue weighted by atomic mass is 16.5. The van der Waals surface area contributed by atoms with Crippen molar-refractivity contribution in [3.05, 3.63) is 41.1 Å². The molecule has 0 saturated carbocycles. The molecule has 0 fully saturated rings. The molecule has 8 nitrogen and oxygen atoms in total. The summed E-state index contributed by atoms with van der Waals surface area (Å²) in [6.07, 6.45) is 0.943. The van der Waals surface area contributed by atoms with E-state index in [2.05, 4.69) is 27.8 Å². The van der Waals surface area contributed by atoms with Crippen LogP contribution in [-0.2, 0) is 9.53 Å². The minimum absolute atomic E-state index is 0.419. The molecule has 3 rings (SSSR count). The van der Waals surface area contributed by atoms with E-state index in [1.807, 2.05) is 24.3 Å². The maximum absolute atomic E-state index is 12.3. The van der Waals surface area contributed by atoms with Gasteiger partial charge in [0, 0.05) is 5.70 Å². The number of fused-ring (bicyclic) bond motifs is 1. The number of anilines is 1. The molecule has 1 aromatic heterocycles. The van der Waals surface area contributed by atoms with Gasteiger partial charge >= 0.3 is 5.97 Å². The first-order chi connectivity index (χ1) is 11.7. The monoisotopic (exact) mass is 329 g/mol. The smallest absolute Gasteiger partial charge is 0.338 e. The van der Waals surface area contributed by atoms with Crippen molar-refractivity contribution in [3.8, 4) is 5.75 Å². The van der Waals surface area contributed by atoms with Gasteiger partial charge in [0.05, 0.1) is 19.3 Å². The summed E-state index contributed by atoms with van der Waals surface area (Å²) in [5.41, 5.74) is 2.01. The minimum atomic E-state index is -0.455. The van der Waals surface area contributed by atoms with E-state index in [0.717, 1.165) is 17.7 Å². The van der Waals surface area contributed by atoms with Gasteiger partial charge in [0.1, 0.15) is 11.8 Å². The topological polar surface area (TPSA) is 91.2 Å². The van der Waals surface area contributed by atoms with Gasteiger partial charge in [-0.1, -0.05) is 24.2 Å². The number of rotatable bonds is 5. The number of aromatic nitrogens is 4. The number of carbonyl (C=O) groups is 1. The average Bonchev–Trinajstić information content (AvgIpc) is 3.06. The third kappa shape index (κ3) is 2.82. The summed E-state index contributed by atoms with van der Waals surface area (Å²) in [4.78, 5) is 12.3. The normalized spacial score (nSPS) is 16.4. The molecule has 0 bridgehead atoms. The number of hydrogen-bond donors (Lipinski definition) is 1. The number of esters is 1. The fraction of sp³-hybridized carbons (Fsp3) is 0.375. The van der Waals surface area contributed by atoms with Crippen LogP contribution in [0.15, 0.2) is 35.5 Å². The summed E-state index contributed by atoms with van der Waals surface area (Å²) in [6.45, 7) is 4.52. The van der Waals surface area contributed by atoms with E-state index in [-0.39, 0.29) is 0 Å². The Hall–Kier alpha value is -2.90. The highest BCUT2D eigenvalue weighted by Gasteiger charge is 2.34. The molecule has 0 saturated heterocycles. The molecule has 0 aliphatic carbocycles. The van der Waals surface area contributed by atoms with Crippen LogP contribution in [0, 0.1) is 0 Å². The number of benzene rings is 1. The van der Waals surface area contributed by atoms with Crippen LogP contribution < -0.4 is 10.1 Å². The molecule has 1 N–H and O–H groups in total.